The highest BCUT2D eigenvalue weighted by atomic mass is 17.2. The number of carbonyl (C=O) groups is 1. The van der Waals surface area contributed by atoms with E-state index in [0.29, 0.717) is 18.0 Å². The molecule has 0 aromatic heterocycles. The van der Waals surface area contributed by atoms with Gasteiger partial charge in [-0.25, -0.2) is 4.79 Å². The molecule has 1 aliphatic rings. The summed E-state index contributed by atoms with van der Waals surface area (Å²) in [7, 11) is 0. The van der Waals surface area contributed by atoms with Crippen molar-refractivity contribution < 1.29 is 19.3 Å². The van der Waals surface area contributed by atoms with Crippen LogP contribution in [0.4, 0.5) is 5.69 Å². The Hall–Kier alpha value is -2.46. The number of rotatable bonds is 4. The molecular weight excluding hydrogens is 250 g/mol. The van der Waals surface area contributed by atoms with E-state index in [2.05, 4.69) is 10.2 Å². The second kappa shape index (κ2) is 5.93. The first-order chi connectivity index (χ1) is 9.24. The van der Waals surface area contributed by atoms with Crippen LogP contribution in [0.15, 0.2) is 28.4 Å². The van der Waals surface area contributed by atoms with Crippen molar-refractivity contribution in [1.82, 2.24) is 0 Å². The Morgan fingerprint density at radius 2 is 2.47 bits per heavy atom. The van der Waals surface area contributed by atoms with Gasteiger partial charge in [-0.3, -0.25) is 0 Å². The lowest BCUT2D eigenvalue weighted by atomic mass is 10.2. The summed E-state index contributed by atoms with van der Waals surface area (Å²) in [5.74, 6) is -0.157. The average molecular weight is 261 g/mol. The van der Waals surface area contributed by atoms with Gasteiger partial charge in [0.15, 0.2) is 5.75 Å². The van der Waals surface area contributed by atoms with Gasteiger partial charge in [-0.15, -0.1) is 0 Å². The number of hydrogen-bond acceptors (Lipinski definition) is 7. The van der Waals surface area contributed by atoms with Crippen LogP contribution < -0.4 is 4.89 Å². The quantitative estimate of drug-likeness (QED) is 0.469. The van der Waals surface area contributed by atoms with Crippen LogP contribution >= 0.6 is 0 Å². The number of carbonyl (C=O) groups excluding carboxylic acids is 1. The van der Waals surface area contributed by atoms with Crippen LogP contribution in [0.2, 0.25) is 0 Å². The van der Waals surface area contributed by atoms with Crippen LogP contribution in [-0.4, -0.2) is 18.6 Å². The second-order valence-corrected chi connectivity index (χ2v) is 3.64. The molecule has 0 spiro atoms. The summed E-state index contributed by atoms with van der Waals surface area (Å²) in [5, 5.41) is 16.3. The predicted molar refractivity (Wildman–Crippen MR) is 62.4 cm³/mol. The average Bonchev–Trinajstić information content (AvgIpc) is 2.87. The molecule has 0 radical (unpaired) electrons. The standard InChI is InChI=1S/C12H11N3O4/c1-2-17-12(16)10(6-13)15-14-9-4-3-8-7-18-19-11(8)5-9/h3-5,10H,2,7H2,1H3/b15-14+. The van der Waals surface area contributed by atoms with Crippen molar-refractivity contribution in [3.05, 3.63) is 23.8 Å². The molecular formula is C12H11N3O4. The van der Waals surface area contributed by atoms with Crippen molar-refractivity contribution >= 4 is 11.7 Å². The summed E-state index contributed by atoms with van der Waals surface area (Å²) >= 11 is 0. The van der Waals surface area contributed by atoms with Gasteiger partial charge in [0.25, 0.3) is 6.04 Å². The third-order valence-electron chi connectivity index (χ3n) is 2.33. The summed E-state index contributed by atoms with van der Waals surface area (Å²) in [4.78, 5) is 21.0. The molecule has 1 unspecified atom stereocenters. The van der Waals surface area contributed by atoms with Gasteiger partial charge in [0.1, 0.15) is 12.7 Å². The minimum absolute atomic E-state index is 0.191. The van der Waals surface area contributed by atoms with Crippen LogP contribution in [-0.2, 0) is 21.0 Å². The van der Waals surface area contributed by atoms with Gasteiger partial charge in [0.2, 0.25) is 0 Å². The van der Waals surface area contributed by atoms with Gasteiger partial charge < -0.3 is 9.62 Å². The lowest BCUT2D eigenvalue weighted by molar-refractivity contribution is -0.194. The molecule has 1 heterocycles. The van der Waals surface area contributed by atoms with Crippen molar-refractivity contribution in [2.24, 2.45) is 10.2 Å². The largest absolute Gasteiger partial charge is 0.464 e. The highest BCUT2D eigenvalue weighted by Gasteiger charge is 2.18. The number of nitriles is 1. The smallest absolute Gasteiger partial charge is 0.347 e. The number of nitrogens with zero attached hydrogens (tertiary/aromatic N) is 3. The zero-order valence-electron chi connectivity index (χ0n) is 10.2. The van der Waals surface area contributed by atoms with Crippen LogP contribution in [0, 0.1) is 11.3 Å². The molecule has 0 bridgehead atoms. The van der Waals surface area contributed by atoms with E-state index in [4.69, 9.17) is 19.8 Å². The van der Waals surface area contributed by atoms with Crippen LogP contribution in [0.3, 0.4) is 0 Å². The van der Waals surface area contributed by atoms with Gasteiger partial charge in [-0.05, 0) is 13.0 Å². The molecule has 1 aromatic rings. The summed E-state index contributed by atoms with van der Waals surface area (Å²) in [6, 6.07) is 5.55. The van der Waals surface area contributed by atoms with Gasteiger partial charge >= 0.3 is 5.97 Å². The SMILES string of the molecule is CCOC(=O)C(C#N)/N=N/c1ccc2c(c1)OOC2. The fraction of sp³-hybridized carbons (Fsp3) is 0.333. The van der Waals surface area contributed by atoms with E-state index in [1.54, 1.807) is 31.2 Å². The van der Waals surface area contributed by atoms with Crippen molar-refractivity contribution in [2.75, 3.05) is 6.61 Å². The highest BCUT2D eigenvalue weighted by Crippen LogP contribution is 2.30. The van der Waals surface area contributed by atoms with Crippen molar-refractivity contribution in [3.8, 4) is 11.8 Å². The van der Waals surface area contributed by atoms with Gasteiger partial charge in [0.05, 0.1) is 12.3 Å². The molecule has 0 fully saturated rings. The first-order valence-electron chi connectivity index (χ1n) is 5.64. The zero-order chi connectivity index (χ0) is 13.7. The minimum atomic E-state index is -1.26. The normalized spacial score (nSPS) is 14.5. The van der Waals surface area contributed by atoms with Gasteiger partial charge in [-0.1, -0.05) is 6.07 Å². The Balaban J connectivity index is 2.09. The van der Waals surface area contributed by atoms with E-state index in [1.807, 2.05) is 0 Å². The maximum atomic E-state index is 11.3. The third kappa shape index (κ3) is 3.05. The lowest BCUT2D eigenvalue weighted by Gasteiger charge is -2.02. The molecule has 0 N–H and O–H groups in total. The van der Waals surface area contributed by atoms with Crippen LogP contribution in [0.5, 0.6) is 5.75 Å². The first-order valence-corrected chi connectivity index (χ1v) is 5.64. The predicted octanol–water partition coefficient (Wildman–Crippen LogP) is 2.05. The summed E-state index contributed by atoms with van der Waals surface area (Å²) in [6.07, 6.45) is 0. The number of hydrogen-bond donors (Lipinski definition) is 0. The molecule has 7 nitrogen and oxygen atoms in total. The first kappa shape index (κ1) is 13.0. The maximum Gasteiger partial charge on any atom is 0.347 e. The molecule has 0 saturated carbocycles. The Bertz CT molecular complexity index is 550. The lowest BCUT2D eigenvalue weighted by Crippen LogP contribution is -2.19. The van der Waals surface area contributed by atoms with Crippen molar-refractivity contribution in [2.45, 2.75) is 19.6 Å². The number of esters is 1. The minimum Gasteiger partial charge on any atom is -0.464 e. The molecule has 1 atom stereocenters. The van der Waals surface area contributed by atoms with E-state index in [0.717, 1.165) is 5.56 Å². The van der Waals surface area contributed by atoms with Crippen molar-refractivity contribution in [1.29, 1.82) is 5.26 Å². The molecule has 0 saturated heterocycles. The van der Waals surface area contributed by atoms with Gasteiger partial charge in [0, 0.05) is 11.6 Å². The van der Waals surface area contributed by atoms with Crippen molar-refractivity contribution in [3.63, 3.8) is 0 Å². The molecule has 0 amide bonds. The second-order valence-electron chi connectivity index (χ2n) is 3.64. The number of benzene rings is 1. The number of azo groups is 1. The maximum absolute atomic E-state index is 11.3. The molecule has 1 aliphatic heterocycles. The van der Waals surface area contributed by atoms with E-state index >= 15 is 0 Å². The zero-order valence-corrected chi connectivity index (χ0v) is 10.2. The Kier molecular flexibility index (Phi) is 4.05. The summed E-state index contributed by atoms with van der Waals surface area (Å²) in [5.41, 5.74) is 1.37. The van der Waals surface area contributed by atoms with E-state index < -0.39 is 12.0 Å². The van der Waals surface area contributed by atoms with Crippen LogP contribution in [0.25, 0.3) is 0 Å². The number of ether oxygens (including phenoxy) is 1. The fourth-order valence-corrected chi connectivity index (χ4v) is 1.43. The molecule has 2 rings (SSSR count). The monoisotopic (exact) mass is 261 g/mol. The molecule has 1 aromatic carbocycles. The Morgan fingerprint density at radius 1 is 1.63 bits per heavy atom. The van der Waals surface area contributed by atoms with E-state index in [-0.39, 0.29) is 6.61 Å². The molecule has 0 aliphatic carbocycles. The fourth-order valence-electron chi connectivity index (χ4n) is 1.43. The Morgan fingerprint density at radius 3 is 3.21 bits per heavy atom. The highest BCUT2D eigenvalue weighted by molar-refractivity contribution is 5.78. The van der Waals surface area contributed by atoms with Gasteiger partial charge in [-0.2, -0.15) is 20.4 Å². The third-order valence-corrected chi connectivity index (χ3v) is 2.33. The summed E-state index contributed by atoms with van der Waals surface area (Å²) in [6.45, 7) is 2.23. The molecule has 98 valence electrons. The Labute approximate surface area is 109 Å². The molecule has 7 heteroatoms. The van der Waals surface area contributed by atoms with E-state index in [1.165, 1.54) is 0 Å². The molecule has 19 heavy (non-hydrogen) atoms. The van der Waals surface area contributed by atoms with E-state index in [9.17, 15) is 4.79 Å². The summed E-state index contributed by atoms with van der Waals surface area (Å²) < 4.78 is 4.70. The topological polar surface area (TPSA) is 93.3 Å². The van der Waals surface area contributed by atoms with Crippen LogP contribution in [0.1, 0.15) is 12.5 Å². The number of fused-ring (bicyclic) bond motifs is 1.